The first-order valence-corrected chi connectivity index (χ1v) is 5.15. The zero-order chi connectivity index (χ0) is 10.8. The van der Waals surface area contributed by atoms with Gasteiger partial charge in [-0.2, -0.15) is 0 Å². The van der Waals surface area contributed by atoms with E-state index in [2.05, 4.69) is 19.1 Å². The van der Waals surface area contributed by atoms with Crippen molar-refractivity contribution in [2.45, 2.75) is 11.8 Å². The van der Waals surface area contributed by atoms with Crippen LogP contribution in [0.1, 0.15) is 6.92 Å². The SMILES string of the molecule is CCSc1ccc(OC)cc1.FCF. The van der Waals surface area contributed by atoms with Gasteiger partial charge in [-0.3, -0.25) is 0 Å². The van der Waals surface area contributed by atoms with E-state index in [1.165, 1.54) is 4.90 Å². The molecule has 0 heterocycles. The lowest BCUT2D eigenvalue weighted by Gasteiger charge is -2.00. The Kier molecular flexibility index (Phi) is 8.33. The molecule has 0 amide bonds. The van der Waals surface area contributed by atoms with Crippen LogP contribution in [-0.4, -0.2) is 19.8 Å². The molecule has 0 N–H and O–H groups in total. The first-order chi connectivity index (χ1) is 6.78. The van der Waals surface area contributed by atoms with Crippen molar-refractivity contribution < 1.29 is 13.5 Å². The van der Waals surface area contributed by atoms with E-state index in [4.69, 9.17) is 4.74 Å². The molecule has 0 aliphatic carbocycles. The minimum atomic E-state index is -1.75. The van der Waals surface area contributed by atoms with Crippen LogP contribution in [0.5, 0.6) is 5.75 Å². The summed E-state index contributed by atoms with van der Waals surface area (Å²) in [4.78, 5) is 1.30. The van der Waals surface area contributed by atoms with Crippen LogP contribution in [0.3, 0.4) is 0 Å². The molecule has 0 aliphatic rings. The number of hydrogen-bond acceptors (Lipinski definition) is 2. The van der Waals surface area contributed by atoms with Crippen LogP contribution in [0.15, 0.2) is 29.2 Å². The van der Waals surface area contributed by atoms with Gasteiger partial charge in [-0.25, -0.2) is 8.78 Å². The van der Waals surface area contributed by atoms with Crippen LogP contribution >= 0.6 is 11.8 Å². The van der Waals surface area contributed by atoms with Crippen molar-refractivity contribution >= 4 is 11.8 Å². The third-order valence-electron chi connectivity index (χ3n) is 1.37. The zero-order valence-electron chi connectivity index (χ0n) is 8.30. The van der Waals surface area contributed by atoms with Crippen molar-refractivity contribution in [1.82, 2.24) is 0 Å². The monoisotopic (exact) mass is 220 g/mol. The molecule has 1 aromatic rings. The maximum atomic E-state index is 9.62. The maximum absolute atomic E-state index is 9.62. The summed E-state index contributed by atoms with van der Waals surface area (Å²) in [5.41, 5.74) is 0. The summed E-state index contributed by atoms with van der Waals surface area (Å²) >= 11 is 1.84. The molecule has 0 saturated carbocycles. The highest BCUT2D eigenvalue weighted by molar-refractivity contribution is 7.99. The fraction of sp³-hybridized carbons (Fsp3) is 0.400. The van der Waals surface area contributed by atoms with Crippen molar-refractivity contribution in [2.75, 3.05) is 19.8 Å². The third kappa shape index (κ3) is 5.80. The van der Waals surface area contributed by atoms with Crippen molar-refractivity contribution in [3.8, 4) is 5.75 Å². The highest BCUT2D eigenvalue weighted by Crippen LogP contribution is 2.20. The number of methoxy groups -OCH3 is 1. The molecule has 14 heavy (non-hydrogen) atoms. The lowest BCUT2D eigenvalue weighted by Crippen LogP contribution is -1.81. The number of alkyl halides is 2. The van der Waals surface area contributed by atoms with E-state index in [-0.39, 0.29) is 0 Å². The molecule has 0 unspecified atom stereocenters. The summed E-state index contributed by atoms with van der Waals surface area (Å²) in [6.07, 6.45) is 0. The summed E-state index contributed by atoms with van der Waals surface area (Å²) < 4.78 is 24.3. The molecule has 0 saturated heterocycles. The Morgan fingerprint density at radius 2 is 1.71 bits per heavy atom. The number of thioether (sulfide) groups is 1. The molecule has 0 aromatic heterocycles. The topological polar surface area (TPSA) is 9.23 Å². The quantitative estimate of drug-likeness (QED) is 0.718. The van der Waals surface area contributed by atoms with Crippen molar-refractivity contribution in [3.05, 3.63) is 24.3 Å². The Balaban J connectivity index is 0.000000500. The molecule has 0 fully saturated rings. The second-order valence-corrected chi connectivity index (χ2v) is 3.55. The number of rotatable bonds is 3. The van der Waals surface area contributed by atoms with Gasteiger partial charge in [-0.15, -0.1) is 11.8 Å². The normalized spacial score (nSPS) is 8.86. The Hall–Kier alpha value is -0.770. The summed E-state index contributed by atoms with van der Waals surface area (Å²) in [7, 11) is 1.68. The number of halogens is 2. The maximum Gasteiger partial charge on any atom is 0.229 e. The van der Waals surface area contributed by atoms with Crippen LogP contribution in [0.4, 0.5) is 8.78 Å². The van der Waals surface area contributed by atoms with Crippen LogP contribution < -0.4 is 4.74 Å². The van der Waals surface area contributed by atoms with E-state index in [1.54, 1.807) is 7.11 Å². The number of hydrogen-bond donors (Lipinski definition) is 0. The van der Waals surface area contributed by atoms with Crippen molar-refractivity contribution in [1.29, 1.82) is 0 Å². The standard InChI is InChI=1S/C9H12OS.CH2F2/c1-3-11-9-6-4-8(10-2)5-7-9;2-1-3/h4-7H,3H2,1-2H3;1H2. The van der Waals surface area contributed by atoms with E-state index in [9.17, 15) is 8.78 Å². The van der Waals surface area contributed by atoms with Gasteiger partial charge in [0.15, 0.2) is 0 Å². The lowest BCUT2D eigenvalue weighted by molar-refractivity contribution is 0.295. The molecule has 1 aromatic carbocycles. The van der Waals surface area contributed by atoms with E-state index < -0.39 is 6.93 Å². The van der Waals surface area contributed by atoms with Crippen LogP contribution in [-0.2, 0) is 0 Å². The van der Waals surface area contributed by atoms with Gasteiger partial charge in [-0.1, -0.05) is 6.92 Å². The first kappa shape index (κ1) is 13.2. The average Bonchev–Trinajstić information content (AvgIpc) is 2.21. The second kappa shape index (κ2) is 8.81. The van der Waals surface area contributed by atoms with Gasteiger partial charge in [0.05, 0.1) is 7.11 Å². The minimum Gasteiger partial charge on any atom is -0.497 e. The Bertz CT molecular complexity index is 226. The fourth-order valence-electron chi connectivity index (χ4n) is 0.839. The molecule has 0 spiro atoms. The average molecular weight is 220 g/mol. The predicted molar refractivity (Wildman–Crippen MR) is 56.5 cm³/mol. The Morgan fingerprint density at radius 3 is 2.07 bits per heavy atom. The zero-order valence-corrected chi connectivity index (χ0v) is 9.11. The molecule has 0 radical (unpaired) electrons. The van der Waals surface area contributed by atoms with Gasteiger partial charge in [0.25, 0.3) is 0 Å². The van der Waals surface area contributed by atoms with Crippen LogP contribution in [0.25, 0.3) is 0 Å². The molecule has 80 valence electrons. The third-order valence-corrected chi connectivity index (χ3v) is 2.26. The molecular weight excluding hydrogens is 206 g/mol. The lowest BCUT2D eigenvalue weighted by atomic mass is 10.3. The summed E-state index contributed by atoms with van der Waals surface area (Å²) in [5.74, 6) is 2.04. The van der Waals surface area contributed by atoms with Gasteiger partial charge in [0.1, 0.15) is 5.75 Å². The highest BCUT2D eigenvalue weighted by Gasteiger charge is 1.91. The predicted octanol–water partition coefficient (Wildman–Crippen LogP) is 3.69. The second-order valence-electron chi connectivity index (χ2n) is 2.21. The summed E-state index contributed by atoms with van der Waals surface area (Å²) in [6.45, 7) is 0.398. The van der Waals surface area contributed by atoms with E-state index in [1.807, 2.05) is 23.9 Å². The van der Waals surface area contributed by atoms with Crippen molar-refractivity contribution in [2.24, 2.45) is 0 Å². The molecule has 0 atom stereocenters. The van der Waals surface area contributed by atoms with Gasteiger partial charge in [0, 0.05) is 4.90 Å². The van der Waals surface area contributed by atoms with Crippen LogP contribution in [0, 0.1) is 0 Å². The summed E-state index contributed by atoms with van der Waals surface area (Å²) in [5, 5.41) is 0. The fourth-order valence-corrected chi connectivity index (χ4v) is 1.50. The largest absolute Gasteiger partial charge is 0.497 e. The molecule has 1 nitrogen and oxygen atoms in total. The number of benzene rings is 1. The van der Waals surface area contributed by atoms with Gasteiger partial charge in [-0.05, 0) is 30.0 Å². The highest BCUT2D eigenvalue weighted by atomic mass is 32.2. The Labute approximate surface area is 87.5 Å². The first-order valence-electron chi connectivity index (χ1n) is 4.17. The number of ether oxygens (including phenoxy) is 1. The smallest absolute Gasteiger partial charge is 0.229 e. The van der Waals surface area contributed by atoms with E-state index in [0.29, 0.717) is 0 Å². The minimum absolute atomic E-state index is 0.922. The van der Waals surface area contributed by atoms with Gasteiger partial charge < -0.3 is 4.74 Å². The van der Waals surface area contributed by atoms with Gasteiger partial charge >= 0.3 is 0 Å². The van der Waals surface area contributed by atoms with Crippen molar-refractivity contribution in [3.63, 3.8) is 0 Å². The molecular formula is C10H14F2OS. The molecule has 1 rings (SSSR count). The Morgan fingerprint density at radius 1 is 1.21 bits per heavy atom. The van der Waals surface area contributed by atoms with E-state index >= 15 is 0 Å². The van der Waals surface area contributed by atoms with Gasteiger partial charge in [0.2, 0.25) is 6.93 Å². The van der Waals surface area contributed by atoms with E-state index in [0.717, 1.165) is 11.5 Å². The molecule has 4 heteroatoms. The summed E-state index contributed by atoms with van der Waals surface area (Å²) in [6, 6.07) is 8.12. The molecule has 0 bridgehead atoms. The molecule has 0 aliphatic heterocycles. The van der Waals surface area contributed by atoms with Crippen LogP contribution in [0.2, 0.25) is 0 Å².